The van der Waals surface area contributed by atoms with Crippen LogP contribution in [0.25, 0.3) is 52.8 Å². The van der Waals surface area contributed by atoms with E-state index in [9.17, 15) is 0 Å². The van der Waals surface area contributed by atoms with Crippen molar-refractivity contribution in [2.24, 2.45) is 0 Å². The zero-order valence-electron chi connectivity index (χ0n) is 18.5. The van der Waals surface area contributed by atoms with Gasteiger partial charge in [0.1, 0.15) is 0 Å². The van der Waals surface area contributed by atoms with Crippen LogP contribution in [0.1, 0.15) is 0 Å². The van der Waals surface area contributed by atoms with Crippen LogP contribution in [0.15, 0.2) is 121 Å². The number of hydrogen-bond acceptors (Lipinski definition) is 2. The van der Waals surface area contributed by atoms with E-state index < -0.39 is 0 Å². The predicted octanol–water partition coefficient (Wildman–Crippen LogP) is 9.77. The van der Waals surface area contributed by atoms with Gasteiger partial charge in [-0.2, -0.15) is 0 Å². The Bertz CT molecular complexity index is 1830. The highest BCUT2D eigenvalue weighted by molar-refractivity contribution is 7.26. The van der Waals surface area contributed by atoms with E-state index in [0.717, 1.165) is 11.4 Å². The number of nitrogens with one attached hydrogen (secondary N) is 1. The van der Waals surface area contributed by atoms with Gasteiger partial charge in [-0.05, 0) is 69.1 Å². The van der Waals surface area contributed by atoms with Crippen LogP contribution in [-0.4, -0.2) is 0 Å². The summed E-state index contributed by atoms with van der Waals surface area (Å²) in [6.07, 6.45) is 0. The Labute approximate surface area is 201 Å². The molecule has 7 rings (SSSR count). The highest BCUT2D eigenvalue weighted by Crippen LogP contribution is 2.39. The number of hydrogen-bond donors (Lipinski definition) is 1. The minimum Gasteiger partial charge on any atom is -0.356 e. The van der Waals surface area contributed by atoms with E-state index >= 15 is 0 Å². The van der Waals surface area contributed by atoms with Crippen molar-refractivity contribution in [1.29, 1.82) is 0 Å². The Hall–Kier alpha value is -4.14. The normalized spacial score (nSPS) is 11.5. The molecule has 0 amide bonds. The summed E-state index contributed by atoms with van der Waals surface area (Å²) in [7, 11) is 0. The summed E-state index contributed by atoms with van der Waals surface area (Å²) in [5.74, 6) is 0. The van der Waals surface area contributed by atoms with E-state index in [1.165, 1.54) is 52.8 Å². The van der Waals surface area contributed by atoms with E-state index in [2.05, 4.69) is 127 Å². The second kappa shape index (κ2) is 7.72. The number of thiophene rings is 1. The lowest BCUT2D eigenvalue weighted by atomic mass is 10.0. The van der Waals surface area contributed by atoms with Crippen molar-refractivity contribution in [3.05, 3.63) is 121 Å². The molecule has 0 spiro atoms. The smallest absolute Gasteiger partial charge is 0.0433 e. The van der Waals surface area contributed by atoms with Crippen LogP contribution in [0.5, 0.6) is 0 Å². The highest BCUT2D eigenvalue weighted by Gasteiger charge is 2.09. The Morgan fingerprint density at radius 2 is 1.15 bits per heavy atom. The van der Waals surface area contributed by atoms with Crippen molar-refractivity contribution < 1.29 is 0 Å². The van der Waals surface area contributed by atoms with Gasteiger partial charge in [-0.25, -0.2) is 0 Å². The fourth-order valence-electron chi connectivity index (χ4n) is 4.86. The minimum atomic E-state index is 1.09. The first-order chi connectivity index (χ1) is 16.8. The maximum atomic E-state index is 3.60. The number of rotatable bonds is 3. The zero-order chi connectivity index (χ0) is 22.5. The molecule has 0 unspecified atom stereocenters. The van der Waals surface area contributed by atoms with E-state index in [0.29, 0.717) is 0 Å². The first-order valence-electron chi connectivity index (χ1n) is 11.5. The van der Waals surface area contributed by atoms with Gasteiger partial charge in [0.15, 0.2) is 0 Å². The third-order valence-corrected chi connectivity index (χ3v) is 7.84. The van der Waals surface area contributed by atoms with Gasteiger partial charge in [0.2, 0.25) is 0 Å². The Balaban J connectivity index is 1.21. The third kappa shape index (κ3) is 3.23. The van der Waals surface area contributed by atoms with E-state index in [4.69, 9.17) is 0 Å². The Morgan fingerprint density at radius 3 is 2.03 bits per heavy atom. The van der Waals surface area contributed by atoms with Crippen molar-refractivity contribution in [2.45, 2.75) is 0 Å². The van der Waals surface area contributed by atoms with Gasteiger partial charge in [-0.3, -0.25) is 0 Å². The van der Waals surface area contributed by atoms with Crippen molar-refractivity contribution in [2.75, 3.05) is 5.32 Å². The minimum absolute atomic E-state index is 1.09. The molecule has 1 nitrogen and oxygen atoms in total. The first kappa shape index (κ1) is 19.3. The molecule has 0 atom stereocenters. The van der Waals surface area contributed by atoms with Crippen LogP contribution in [-0.2, 0) is 0 Å². The van der Waals surface area contributed by atoms with Gasteiger partial charge in [0.25, 0.3) is 0 Å². The number of benzene rings is 6. The fourth-order valence-corrected chi connectivity index (χ4v) is 6.08. The molecule has 0 saturated heterocycles. The molecule has 0 fully saturated rings. The number of fused-ring (bicyclic) bond motifs is 6. The Morgan fingerprint density at radius 1 is 0.441 bits per heavy atom. The average molecular weight is 452 g/mol. The predicted molar refractivity (Wildman–Crippen MR) is 150 cm³/mol. The average Bonchev–Trinajstić information content (AvgIpc) is 3.27. The van der Waals surface area contributed by atoms with Crippen LogP contribution in [0.4, 0.5) is 11.4 Å². The second-order valence-corrected chi connectivity index (χ2v) is 9.79. The maximum Gasteiger partial charge on any atom is 0.0433 e. The summed E-state index contributed by atoms with van der Waals surface area (Å²) in [6, 6.07) is 43.7. The molecule has 160 valence electrons. The molecule has 0 aliphatic heterocycles. The molecule has 1 heterocycles. The van der Waals surface area contributed by atoms with Crippen molar-refractivity contribution in [1.82, 2.24) is 0 Å². The topological polar surface area (TPSA) is 12.0 Å². The lowest BCUT2D eigenvalue weighted by molar-refractivity contribution is 1.56. The summed E-state index contributed by atoms with van der Waals surface area (Å²) in [6.45, 7) is 0. The van der Waals surface area contributed by atoms with Crippen molar-refractivity contribution in [3.63, 3.8) is 0 Å². The molecule has 0 saturated carbocycles. The molecule has 0 aliphatic rings. The SMILES string of the molecule is c1ccc2cc(-c3ccc(Nc4ccc5sc6c7ccccc7ccc6c5c4)cc3)ccc2c1. The monoisotopic (exact) mass is 451 g/mol. The summed E-state index contributed by atoms with van der Waals surface area (Å²) in [5, 5.41) is 11.4. The first-order valence-corrected chi connectivity index (χ1v) is 12.3. The molecule has 34 heavy (non-hydrogen) atoms. The molecular formula is C32H21NS. The van der Waals surface area contributed by atoms with E-state index in [1.54, 1.807) is 0 Å². The maximum absolute atomic E-state index is 3.60. The summed E-state index contributed by atoms with van der Waals surface area (Å²) in [5.41, 5.74) is 4.67. The summed E-state index contributed by atoms with van der Waals surface area (Å²) in [4.78, 5) is 0. The molecule has 0 aliphatic carbocycles. The van der Waals surface area contributed by atoms with Crippen LogP contribution < -0.4 is 5.32 Å². The van der Waals surface area contributed by atoms with Gasteiger partial charge in [0, 0.05) is 31.5 Å². The summed E-state index contributed by atoms with van der Waals surface area (Å²) < 4.78 is 2.69. The molecule has 1 aromatic heterocycles. The molecule has 6 aromatic carbocycles. The van der Waals surface area contributed by atoms with Gasteiger partial charge in [-0.1, -0.05) is 84.9 Å². The number of anilines is 2. The molecule has 0 radical (unpaired) electrons. The van der Waals surface area contributed by atoms with Gasteiger partial charge in [0.05, 0.1) is 0 Å². The summed E-state index contributed by atoms with van der Waals surface area (Å²) >= 11 is 1.88. The molecule has 7 aromatic rings. The van der Waals surface area contributed by atoms with Gasteiger partial charge in [-0.15, -0.1) is 11.3 Å². The molecular weight excluding hydrogens is 430 g/mol. The van der Waals surface area contributed by atoms with Gasteiger partial charge < -0.3 is 5.32 Å². The quantitative estimate of drug-likeness (QED) is 0.282. The lowest BCUT2D eigenvalue weighted by Gasteiger charge is -2.09. The molecule has 0 bridgehead atoms. The largest absolute Gasteiger partial charge is 0.356 e. The molecule has 1 N–H and O–H groups in total. The lowest BCUT2D eigenvalue weighted by Crippen LogP contribution is -1.90. The Kier molecular flexibility index (Phi) is 4.39. The van der Waals surface area contributed by atoms with Crippen LogP contribution in [0.3, 0.4) is 0 Å². The van der Waals surface area contributed by atoms with Crippen LogP contribution >= 0.6 is 11.3 Å². The van der Waals surface area contributed by atoms with Crippen molar-refractivity contribution >= 4 is 64.4 Å². The van der Waals surface area contributed by atoms with E-state index in [1.807, 2.05) is 11.3 Å². The molecule has 2 heteroatoms. The fraction of sp³-hybridized carbons (Fsp3) is 0. The van der Waals surface area contributed by atoms with Crippen molar-refractivity contribution in [3.8, 4) is 11.1 Å². The third-order valence-electron chi connectivity index (χ3n) is 6.62. The highest BCUT2D eigenvalue weighted by atomic mass is 32.1. The van der Waals surface area contributed by atoms with E-state index in [-0.39, 0.29) is 0 Å². The zero-order valence-corrected chi connectivity index (χ0v) is 19.3. The second-order valence-electron chi connectivity index (χ2n) is 8.74. The van der Waals surface area contributed by atoms with Crippen LogP contribution in [0.2, 0.25) is 0 Å². The standard InChI is InChI=1S/C32H21NS/c1-2-7-24-19-25(10-9-21(24)5-1)22-11-14-26(15-12-22)33-27-16-18-31-30(20-27)29-17-13-23-6-3-4-8-28(23)32(29)34-31/h1-20,33H. The van der Waals surface area contributed by atoms with Gasteiger partial charge >= 0.3 is 0 Å². The van der Waals surface area contributed by atoms with Crippen LogP contribution in [0, 0.1) is 0 Å².